The molecule has 1 aromatic rings. The van der Waals surface area contributed by atoms with Crippen molar-refractivity contribution in [1.82, 2.24) is 9.03 Å². The summed E-state index contributed by atoms with van der Waals surface area (Å²) in [5.41, 5.74) is 0.880. The average molecular weight is 318 g/mol. The van der Waals surface area contributed by atoms with Crippen LogP contribution in [0.2, 0.25) is 0 Å². The first-order chi connectivity index (χ1) is 10.6. The van der Waals surface area contributed by atoms with E-state index in [1.807, 2.05) is 30.3 Å². The van der Waals surface area contributed by atoms with Gasteiger partial charge in [-0.15, -0.1) is 6.42 Å². The average Bonchev–Trinajstić information content (AvgIpc) is 2.53. The lowest BCUT2D eigenvalue weighted by atomic mass is 9.69. The minimum absolute atomic E-state index is 0.118. The molecule has 1 saturated carbocycles. The summed E-state index contributed by atoms with van der Waals surface area (Å²) in [5, 5.41) is 0. The predicted octanol–water partition coefficient (Wildman–Crippen LogP) is 2.29. The summed E-state index contributed by atoms with van der Waals surface area (Å²) < 4.78 is 29.3. The first-order valence-electron chi connectivity index (χ1n) is 7.83. The molecule has 118 valence electrons. The van der Waals surface area contributed by atoms with Gasteiger partial charge in [-0.25, -0.2) is 0 Å². The van der Waals surface area contributed by atoms with Crippen LogP contribution in [0.5, 0.6) is 0 Å². The molecule has 1 aromatic carbocycles. The van der Waals surface area contributed by atoms with Crippen LogP contribution in [0, 0.1) is 17.8 Å². The van der Waals surface area contributed by atoms with Crippen LogP contribution in [0.3, 0.4) is 0 Å². The maximum atomic E-state index is 12.5. The SMILES string of the molecule is C#C[C@@H]1NS(=O)(=O)N(Cc2ccccc2)CC12CCCCC2. The van der Waals surface area contributed by atoms with Gasteiger partial charge in [0.25, 0.3) is 10.2 Å². The van der Waals surface area contributed by atoms with Gasteiger partial charge in [-0.05, 0) is 18.4 Å². The van der Waals surface area contributed by atoms with Gasteiger partial charge in [-0.1, -0.05) is 55.5 Å². The number of hydrogen-bond donors (Lipinski definition) is 1. The Morgan fingerprint density at radius 1 is 1.23 bits per heavy atom. The lowest BCUT2D eigenvalue weighted by molar-refractivity contribution is 0.105. The molecule has 1 aliphatic heterocycles. The summed E-state index contributed by atoms with van der Waals surface area (Å²) >= 11 is 0. The van der Waals surface area contributed by atoms with Crippen molar-refractivity contribution in [2.24, 2.45) is 5.41 Å². The van der Waals surface area contributed by atoms with Crippen molar-refractivity contribution < 1.29 is 8.42 Å². The van der Waals surface area contributed by atoms with E-state index in [0.717, 1.165) is 31.2 Å². The summed E-state index contributed by atoms with van der Waals surface area (Å²) in [6.45, 7) is 0.918. The van der Waals surface area contributed by atoms with E-state index in [2.05, 4.69) is 10.6 Å². The van der Waals surface area contributed by atoms with Gasteiger partial charge in [0.2, 0.25) is 0 Å². The van der Waals surface area contributed by atoms with Crippen LogP contribution in [0.25, 0.3) is 0 Å². The third kappa shape index (κ3) is 2.91. The fraction of sp³-hybridized carbons (Fsp3) is 0.529. The summed E-state index contributed by atoms with van der Waals surface area (Å²) in [5.74, 6) is 2.69. The molecule has 2 aliphatic rings. The quantitative estimate of drug-likeness (QED) is 0.851. The highest BCUT2D eigenvalue weighted by atomic mass is 32.2. The van der Waals surface area contributed by atoms with Gasteiger partial charge in [-0.2, -0.15) is 17.4 Å². The van der Waals surface area contributed by atoms with Gasteiger partial charge >= 0.3 is 0 Å². The van der Waals surface area contributed by atoms with Crippen LogP contribution in [-0.4, -0.2) is 25.3 Å². The minimum Gasteiger partial charge on any atom is -0.195 e. The molecule has 5 heteroatoms. The minimum atomic E-state index is -3.52. The first kappa shape index (κ1) is 15.5. The van der Waals surface area contributed by atoms with Crippen molar-refractivity contribution in [3.63, 3.8) is 0 Å². The third-order valence-electron chi connectivity index (χ3n) is 4.93. The molecule has 1 atom stereocenters. The van der Waals surface area contributed by atoms with Crippen LogP contribution < -0.4 is 4.72 Å². The van der Waals surface area contributed by atoms with Crippen molar-refractivity contribution in [2.75, 3.05) is 6.54 Å². The second-order valence-corrected chi connectivity index (χ2v) is 8.10. The second kappa shape index (κ2) is 6.04. The normalized spacial score (nSPS) is 27.3. The summed E-state index contributed by atoms with van der Waals surface area (Å²) in [6.07, 6.45) is 11.1. The van der Waals surface area contributed by atoms with Gasteiger partial charge in [0, 0.05) is 18.5 Å². The van der Waals surface area contributed by atoms with Crippen molar-refractivity contribution >= 4 is 10.2 Å². The monoisotopic (exact) mass is 318 g/mol. The predicted molar refractivity (Wildman–Crippen MR) is 87.0 cm³/mol. The number of benzene rings is 1. The summed E-state index contributed by atoms with van der Waals surface area (Å²) in [6, 6.07) is 9.32. The molecule has 2 fully saturated rings. The largest absolute Gasteiger partial charge is 0.280 e. The molecular formula is C17H22N2O2S. The second-order valence-electron chi connectivity index (χ2n) is 6.40. The Balaban J connectivity index is 1.88. The number of terminal acetylenes is 1. The highest BCUT2D eigenvalue weighted by Gasteiger charge is 2.48. The Morgan fingerprint density at radius 2 is 1.91 bits per heavy atom. The van der Waals surface area contributed by atoms with Crippen LogP contribution in [0.4, 0.5) is 0 Å². The highest BCUT2D eigenvalue weighted by Crippen LogP contribution is 2.43. The molecule has 3 rings (SSSR count). The van der Waals surface area contributed by atoms with Gasteiger partial charge in [-0.3, -0.25) is 0 Å². The van der Waals surface area contributed by atoms with Crippen molar-refractivity contribution in [2.45, 2.75) is 44.7 Å². The Kier molecular flexibility index (Phi) is 4.26. The Bertz CT molecular complexity index is 658. The maximum absolute atomic E-state index is 12.5. The molecule has 0 bridgehead atoms. The number of rotatable bonds is 2. The smallest absolute Gasteiger partial charge is 0.195 e. The maximum Gasteiger partial charge on any atom is 0.280 e. The van der Waals surface area contributed by atoms with E-state index in [0.29, 0.717) is 13.1 Å². The highest BCUT2D eigenvalue weighted by molar-refractivity contribution is 7.87. The Morgan fingerprint density at radius 3 is 2.55 bits per heavy atom. The number of nitrogens with zero attached hydrogens (tertiary/aromatic N) is 1. The molecule has 1 spiro atoms. The molecule has 1 heterocycles. The molecule has 1 saturated heterocycles. The van der Waals surface area contributed by atoms with Crippen LogP contribution in [-0.2, 0) is 16.8 Å². The summed E-state index contributed by atoms with van der Waals surface area (Å²) in [7, 11) is -3.52. The Labute approximate surface area is 133 Å². The van der Waals surface area contributed by atoms with E-state index >= 15 is 0 Å². The zero-order valence-corrected chi connectivity index (χ0v) is 13.5. The fourth-order valence-corrected chi connectivity index (χ4v) is 5.23. The van der Waals surface area contributed by atoms with Crippen molar-refractivity contribution in [3.8, 4) is 12.3 Å². The molecule has 0 amide bonds. The summed E-state index contributed by atoms with van der Waals surface area (Å²) in [4.78, 5) is 0. The van der Waals surface area contributed by atoms with E-state index < -0.39 is 10.2 Å². The van der Waals surface area contributed by atoms with Crippen LogP contribution in [0.15, 0.2) is 30.3 Å². The van der Waals surface area contributed by atoms with Crippen molar-refractivity contribution in [1.29, 1.82) is 0 Å². The van der Waals surface area contributed by atoms with E-state index in [9.17, 15) is 8.42 Å². The number of nitrogens with one attached hydrogen (secondary N) is 1. The van der Waals surface area contributed by atoms with Gasteiger partial charge in [0.1, 0.15) is 0 Å². The standard InChI is InChI=1S/C17H22N2O2S/c1-2-16-17(11-7-4-8-12-17)14-19(22(20,21)18-16)13-15-9-5-3-6-10-15/h1,3,5-6,9-10,16,18H,4,7-8,11-14H2/t16-/m0/s1. The van der Waals surface area contributed by atoms with E-state index in [-0.39, 0.29) is 11.5 Å². The molecule has 4 nitrogen and oxygen atoms in total. The lowest BCUT2D eigenvalue weighted by Crippen LogP contribution is -2.62. The Hall–Kier alpha value is -1.35. The van der Waals surface area contributed by atoms with E-state index in [1.165, 1.54) is 6.42 Å². The molecule has 1 aliphatic carbocycles. The molecule has 0 aromatic heterocycles. The zero-order chi connectivity index (χ0) is 15.6. The van der Waals surface area contributed by atoms with Gasteiger partial charge in [0.15, 0.2) is 0 Å². The molecular weight excluding hydrogens is 296 g/mol. The molecule has 1 N–H and O–H groups in total. The molecule has 22 heavy (non-hydrogen) atoms. The fourth-order valence-electron chi connectivity index (χ4n) is 3.72. The molecule has 0 radical (unpaired) electrons. The van der Waals surface area contributed by atoms with E-state index in [4.69, 9.17) is 6.42 Å². The van der Waals surface area contributed by atoms with Crippen LogP contribution >= 0.6 is 0 Å². The number of hydrogen-bond acceptors (Lipinski definition) is 2. The van der Waals surface area contributed by atoms with Gasteiger partial charge in [0.05, 0.1) is 6.04 Å². The van der Waals surface area contributed by atoms with Crippen molar-refractivity contribution in [3.05, 3.63) is 35.9 Å². The third-order valence-corrected chi connectivity index (χ3v) is 6.40. The molecule has 0 unspecified atom stereocenters. The van der Waals surface area contributed by atoms with Gasteiger partial charge < -0.3 is 0 Å². The lowest BCUT2D eigenvalue weighted by Gasteiger charge is -2.48. The zero-order valence-electron chi connectivity index (χ0n) is 12.7. The van der Waals surface area contributed by atoms with Crippen LogP contribution in [0.1, 0.15) is 37.7 Å². The topological polar surface area (TPSA) is 49.4 Å². The van der Waals surface area contributed by atoms with E-state index in [1.54, 1.807) is 4.31 Å². The first-order valence-corrected chi connectivity index (χ1v) is 9.27.